The molecular weight excluding hydrogens is 244 g/mol. The molecule has 3 N–H and O–H groups in total. The van der Waals surface area contributed by atoms with Gasteiger partial charge >= 0.3 is 12.0 Å². The van der Waals surface area contributed by atoms with Gasteiger partial charge in [-0.15, -0.1) is 0 Å². The number of hydrogen-bond donors (Lipinski definition) is 3. The first-order chi connectivity index (χ1) is 8.91. The molecule has 1 fully saturated rings. The Labute approximate surface area is 115 Å². The number of urea groups is 1. The molecule has 19 heavy (non-hydrogen) atoms. The van der Waals surface area contributed by atoms with Gasteiger partial charge in [0.15, 0.2) is 0 Å². The van der Waals surface area contributed by atoms with Gasteiger partial charge in [0.25, 0.3) is 0 Å². The van der Waals surface area contributed by atoms with Gasteiger partial charge in [-0.3, -0.25) is 0 Å². The third-order valence-corrected chi connectivity index (χ3v) is 3.94. The van der Waals surface area contributed by atoms with Crippen LogP contribution in [-0.4, -0.2) is 29.2 Å². The predicted molar refractivity (Wildman–Crippen MR) is 74.0 cm³/mol. The molecule has 1 aliphatic rings. The zero-order valence-corrected chi connectivity index (χ0v) is 12.1. The van der Waals surface area contributed by atoms with Crippen molar-refractivity contribution in [3.05, 3.63) is 0 Å². The molecule has 1 unspecified atom stereocenters. The second-order valence-electron chi connectivity index (χ2n) is 5.86. The van der Waals surface area contributed by atoms with Crippen LogP contribution in [0.25, 0.3) is 0 Å². The third kappa shape index (κ3) is 5.09. The normalized spacial score (nSPS) is 19.8. The molecule has 0 spiro atoms. The van der Waals surface area contributed by atoms with Crippen molar-refractivity contribution in [2.24, 2.45) is 11.8 Å². The molecule has 0 aromatic heterocycles. The average Bonchev–Trinajstić information content (AvgIpc) is 2.36. The number of carboxylic acid groups (broad SMARTS) is 1. The summed E-state index contributed by atoms with van der Waals surface area (Å²) in [7, 11) is 0. The molecule has 0 heterocycles. The van der Waals surface area contributed by atoms with Crippen molar-refractivity contribution in [2.45, 2.75) is 65.0 Å². The van der Waals surface area contributed by atoms with E-state index >= 15 is 0 Å². The summed E-state index contributed by atoms with van der Waals surface area (Å²) in [5, 5.41) is 14.4. The minimum Gasteiger partial charge on any atom is -0.480 e. The Morgan fingerprint density at radius 1 is 1.05 bits per heavy atom. The van der Waals surface area contributed by atoms with Crippen LogP contribution >= 0.6 is 0 Å². The quantitative estimate of drug-likeness (QED) is 0.717. The molecule has 1 aliphatic carbocycles. The Kier molecular flexibility index (Phi) is 6.12. The number of carbonyl (C=O) groups excluding carboxylic acids is 1. The molecule has 5 heteroatoms. The summed E-state index contributed by atoms with van der Waals surface area (Å²) in [6.45, 7) is 5.56. The number of amides is 2. The first kappa shape index (κ1) is 15.8. The summed E-state index contributed by atoms with van der Waals surface area (Å²) in [4.78, 5) is 22.9. The van der Waals surface area contributed by atoms with Crippen molar-refractivity contribution >= 4 is 12.0 Å². The maximum atomic E-state index is 11.8. The van der Waals surface area contributed by atoms with Crippen molar-refractivity contribution in [3.63, 3.8) is 0 Å². The zero-order valence-electron chi connectivity index (χ0n) is 12.1. The molecule has 2 amide bonds. The summed E-state index contributed by atoms with van der Waals surface area (Å²) in [6.07, 6.45) is 6.02. The minimum absolute atomic E-state index is 0.0990. The highest BCUT2D eigenvalue weighted by Crippen LogP contribution is 2.26. The molecule has 0 saturated heterocycles. The van der Waals surface area contributed by atoms with Crippen LogP contribution in [0.3, 0.4) is 0 Å². The van der Waals surface area contributed by atoms with Gasteiger partial charge < -0.3 is 15.7 Å². The van der Waals surface area contributed by atoms with E-state index in [4.69, 9.17) is 5.11 Å². The van der Waals surface area contributed by atoms with E-state index < -0.39 is 12.0 Å². The van der Waals surface area contributed by atoms with Crippen molar-refractivity contribution in [3.8, 4) is 0 Å². The minimum atomic E-state index is -0.990. The van der Waals surface area contributed by atoms with Crippen molar-refractivity contribution in [1.82, 2.24) is 10.6 Å². The van der Waals surface area contributed by atoms with Crippen LogP contribution in [-0.2, 0) is 4.79 Å². The fourth-order valence-electron chi connectivity index (χ4n) is 2.66. The Bertz CT molecular complexity index is 312. The van der Waals surface area contributed by atoms with E-state index in [1.54, 1.807) is 13.8 Å². The largest absolute Gasteiger partial charge is 0.480 e. The van der Waals surface area contributed by atoms with Crippen LogP contribution in [0, 0.1) is 11.8 Å². The van der Waals surface area contributed by atoms with Gasteiger partial charge in [0.05, 0.1) is 0 Å². The topological polar surface area (TPSA) is 78.4 Å². The SMILES string of the molecule is CC(NC(=O)N[C@@H](C(=O)O)C(C)C)C1CCCCC1. The Hall–Kier alpha value is -1.26. The second kappa shape index (κ2) is 7.36. The number of carbonyl (C=O) groups is 2. The van der Waals surface area contributed by atoms with Crippen LogP contribution < -0.4 is 10.6 Å². The lowest BCUT2D eigenvalue weighted by atomic mass is 9.84. The Balaban J connectivity index is 2.42. The molecule has 2 atom stereocenters. The van der Waals surface area contributed by atoms with Gasteiger partial charge in [0, 0.05) is 6.04 Å². The van der Waals surface area contributed by atoms with E-state index in [9.17, 15) is 9.59 Å². The summed E-state index contributed by atoms with van der Waals surface area (Å²) >= 11 is 0. The van der Waals surface area contributed by atoms with Gasteiger partial charge in [0.2, 0.25) is 0 Å². The highest BCUT2D eigenvalue weighted by Gasteiger charge is 2.26. The van der Waals surface area contributed by atoms with E-state index in [-0.39, 0.29) is 18.0 Å². The highest BCUT2D eigenvalue weighted by molar-refractivity contribution is 5.82. The average molecular weight is 270 g/mol. The van der Waals surface area contributed by atoms with Gasteiger partial charge in [0.1, 0.15) is 6.04 Å². The third-order valence-electron chi connectivity index (χ3n) is 3.94. The molecule has 1 rings (SSSR count). The van der Waals surface area contributed by atoms with Crippen LogP contribution in [0.15, 0.2) is 0 Å². The van der Waals surface area contributed by atoms with Crippen LogP contribution in [0.2, 0.25) is 0 Å². The number of hydrogen-bond acceptors (Lipinski definition) is 2. The standard InChI is InChI=1S/C14H26N2O3/c1-9(2)12(13(17)18)16-14(19)15-10(3)11-7-5-4-6-8-11/h9-12H,4-8H2,1-3H3,(H,17,18)(H2,15,16,19)/t10?,12-/m1/s1. The highest BCUT2D eigenvalue weighted by atomic mass is 16.4. The van der Waals surface area contributed by atoms with E-state index in [0.717, 1.165) is 12.8 Å². The summed E-state index contributed by atoms with van der Waals surface area (Å²) in [5.41, 5.74) is 0. The van der Waals surface area contributed by atoms with Crippen molar-refractivity contribution < 1.29 is 14.7 Å². The van der Waals surface area contributed by atoms with Crippen molar-refractivity contribution in [1.29, 1.82) is 0 Å². The molecule has 0 aromatic carbocycles. The van der Waals surface area contributed by atoms with E-state index in [1.807, 2.05) is 6.92 Å². The fourth-order valence-corrected chi connectivity index (χ4v) is 2.66. The van der Waals surface area contributed by atoms with Gasteiger partial charge in [-0.05, 0) is 31.6 Å². The smallest absolute Gasteiger partial charge is 0.326 e. The fraction of sp³-hybridized carbons (Fsp3) is 0.857. The first-order valence-electron chi connectivity index (χ1n) is 7.21. The Morgan fingerprint density at radius 3 is 2.11 bits per heavy atom. The van der Waals surface area contributed by atoms with Gasteiger partial charge in [-0.1, -0.05) is 33.1 Å². The molecular formula is C14H26N2O3. The van der Waals surface area contributed by atoms with Crippen LogP contribution in [0.4, 0.5) is 4.79 Å². The molecule has 5 nitrogen and oxygen atoms in total. The molecule has 110 valence electrons. The Morgan fingerprint density at radius 2 is 1.63 bits per heavy atom. The van der Waals surface area contributed by atoms with Crippen LogP contribution in [0.5, 0.6) is 0 Å². The lowest BCUT2D eigenvalue weighted by Crippen LogP contribution is -2.51. The maximum Gasteiger partial charge on any atom is 0.326 e. The lowest BCUT2D eigenvalue weighted by Gasteiger charge is -2.29. The lowest BCUT2D eigenvalue weighted by molar-refractivity contribution is -0.140. The first-order valence-corrected chi connectivity index (χ1v) is 7.21. The maximum absolute atomic E-state index is 11.8. The zero-order chi connectivity index (χ0) is 14.4. The second-order valence-corrected chi connectivity index (χ2v) is 5.86. The van der Waals surface area contributed by atoms with Crippen LogP contribution in [0.1, 0.15) is 52.9 Å². The van der Waals surface area contributed by atoms with Gasteiger partial charge in [-0.2, -0.15) is 0 Å². The number of rotatable bonds is 5. The number of aliphatic carboxylic acids is 1. The van der Waals surface area contributed by atoms with Gasteiger partial charge in [-0.25, -0.2) is 9.59 Å². The summed E-state index contributed by atoms with van der Waals surface area (Å²) in [6, 6.07) is -1.11. The van der Waals surface area contributed by atoms with Crippen molar-refractivity contribution in [2.75, 3.05) is 0 Å². The molecule has 0 aliphatic heterocycles. The van der Waals surface area contributed by atoms with E-state index in [1.165, 1.54) is 19.3 Å². The van der Waals surface area contributed by atoms with E-state index in [0.29, 0.717) is 5.92 Å². The molecule has 0 bridgehead atoms. The predicted octanol–water partition coefficient (Wildman–Crippen LogP) is 2.36. The number of nitrogens with one attached hydrogen (secondary N) is 2. The summed E-state index contributed by atoms with van der Waals surface area (Å²) in [5.74, 6) is -0.606. The molecule has 0 aromatic rings. The molecule has 0 radical (unpaired) electrons. The van der Waals surface area contributed by atoms with E-state index in [2.05, 4.69) is 10.6 Å². The summed E-state index contributed by atoms with van der Waals surface area (Å²) < 4.78 is 0. The molecule has 1 saturated carbocycles. The number of carboxylic acids is 1. The monoisotopic (exact) mass is 270 g/mol.